The molecule has 2 heterocycles. The van der Waals surface area contributed by atoms with E-state index in [9.17, 15) is 4.79 Å². The van der Waals surface area contributed by atoms with Crippen molar-refractivity contribution < 1.29 is 4.79 Å². The van der Waals surface area contributed by atoms with Gasteiger partial charge in [0.15, 0.2) is 5.13 Å². The summed E-state index contributed by atoms with van der Waals surface area (Å²) in [7, 11) is 0. The fourth-order valence-corrected chi connectivity index (χ4v) is 3.40. The second-order valence-corrected chi connectivity index (χ2v) is 7.41. The molecule has 0 saturated heterocycles. The molecule has 26 heavy (non-hydrogen) atoms. The number of thiazole rings is 1. The monoisotopic (exact) mass is 474 g/mol. The molecule has 0 aliphatic carbocycles. The summed E-state index contributed by atoms with van der Waals surface area (Å²) in [5, 5.41) is 16.3. The maximum Gasteiger partial charge on any atom is 0.257 e. The van der Waals surface area contributed by atoms with Crippen LogP contribution in [-0.2, 0) is 0 Å². The number of aromatic nitrogens is 5. The molecule has 0 unspecified atom stereocenters. The number of amides is 1. The van der Waals surface area contributed by atoms with Crippen LogP contribution in [0.4, 0.5) is 5.13 Å². The highest BCUT2D eigenvalue weighted by atomic mass is 127. The maximum atomic E-state index is 12.5. The lowest BCUT2D eigenvalue weighted by atomic mass is 10.2. The third kappa shape index (κ3) is 3.63. The van der Waals surface area contributed by atoms with E-state index >= 15 is 0 Å². The number of carbonyl (C=O) groups is 1. The van der Waals surface area contributed by atoms with Gasteiger partial charge in [-0.15, -0.1) is 16.4 Å². The number of carbonyl (C=O) groups excluding carboxylic acids is 1. The molecule has 7 nitrogen and oxygen atoms in total. The summed E-state index contributed by atoms with van der Waals surface area (Å²) in [5.74, 6) is -0.233. The smallest absolute Gasteiger partial charge is 0.257 e. The molecule has 2 aromatic heterocycles. The summed E-state index contributed by atoms with van der Waals surface area (Å²) in [5.41, 5.74) is 3.07. The normalized spacial score (nSPS) is 10.7. The van der Waals surface area contributed by atoms with E-state index in [4.69, 9.17) is 0 Å². The highest BCUT2D eigenvalue weighted by Crippen LogP contribution is 2.26. The number of nitrogens with zero attached hydrogens (tertiary/aromatic N) is 5. The first-order valence-corrected chi connectivity index (χ1v) is 9.51. The quantitative estimate of drug-likeness (QED) is 0.457. The van der Waals surface area contributed by atoms with E-state index in [1.54, 1.807) is 18.2 Å². The zero-order chi connectivity index (χ0) is 17.9. The second kappa shape index (κ2) is 7.30. The number of hydrogen-bond acceptors (Lipinski definition) is 6. The van der Waals surface area contributed by atoms with Gasteiger partial charge < -0.3 is 0 Å². The number of rotatable bonds is 4. The minimum absolute atomic E-state index is 0.233. The first-order valence-electron chi connectivity index (χ1n) is 7.55. The van der Waals surface area contributed by atoms with E-state index in [0.29, 0.717) is 16.4 Å². The average Bonchev–Trinajstić information content (AvgIpc) is 3.34. The number of nitrogens with one attached hydrogen (secondary N) is 1. The minimum Gasteiger partial charge on any atom is -0.298 e. The van der Waals surface area contributed by atoms with Crippen molar-refractivity contribution >= 4 is 45.0 Å². The Kier molecular flexibility index (Phi) is 4.71. The van der Waals surface area contributed by atoms with Crippen molar-refractivity contribution in [2.75, 3.05) is 5.32 Å². The van der Waals surface area contributed by atoms with Crippen LogP contribution in [0.2, 0.25) is 0 Å². The molecule has 0 saturated carbocycles. The van der Waals surface area contributed by atoms with E-state index in [0.717, 1.165) is 14.8 Å². The first-order chi connectivity index (χ1) is 12.7. The van der Waals surface area contributed by atoms with Crippen LogP contribution >= 0.6 is 33.9 Å². The van der Waals surface area contributed by atoms with Gasteiger partial charge in [-0.3, -0.25) is 10.1 Å². The number of hydrogen-bond donors (Lipinski definition) is 1. The van der Waals surface area contributed by atoms with Gasteiger partial charge in [0.1, 0.15) is 6.33 Å². The maximum absolute atomic E-state index is 12.5. The standard InChI is InChI=1S/C17H11IN6OS/c18-13-6-4-11(5-7-13)15-9-26-17(20-15)21-16(25)12-2-1-3-14(8-12)24-10-19-22-23-24/h1-10H,(H,20,21,25). The molecule has 128 valence electrons. The minimum atomic E-state index is -0.233. The average molecular weight is 474 g/mol. The Morgan fingerprint density at radius 1 is 1.15 bits per heavy atom. The van der Waals surface area contributed by atoms with Crippen molar-refractivity contribution in [1.29, 1.82) is 0 Å². The summed E-state index contributed by atoms with van der Waals surface area (Å²) in [6.07, 6.45) is 1.48. The zero-order valence-electron chi connectivity index (χ0n) is 13.2. The third-order valence-corrected chi connectivity index (χ3v) is 5.06. The molecule has 4 rings (SSSR count). The molecule has 0 bridgehead atoms. The first kappa shape index (κ1) is 16.8. The lowest BCUT2D eigenvalue weighted by Gasteiger charge is -2.04. The Labute approximate surface area is 166 Å². The van der Waals surface area contributed by atoms with Crippen molar-refractivity contribution in [2.24, 2.45) is 0 Å². The van der Waals surface area contributed by atoms with Crippen LogP contribution in [0.25, 0.3) is 16.9 Å². The van der Waals surface area contributed by atoms with Gasteiger partial charge in [0, 0.05) is 20.1 Å². The van der Waals surface area contributed by atoms with E-state index < -0.39 is 0 Å². The van der Waals surface area contributed by atoms with Crippen LogP contribution in [-0.4, -0.2) is 31.1 Å². The van der Waals surface area contributed by atoms with E-state index in [1.165, 1.54) is 22.3 Å². The molecule has 0 radical (unpaired) electrons. The summed E-state index contributed by atoms with van der Waals surface area (Å²) < 4.78 is 2.66. The van der Waals surface area contributed by atoms with Crippen molar-refractivity contribution in [3.8, 4) is 16.9 Å². The number of benzene rings is 2. The molecule has 0 atom stereocenters. The Hall–Kier alpha value is -2.66. The lowest BCUT2D eigenvalue weighted by molar-refractivity contribution is 0.102. The molecule has 0 aliphatic heterocycles. The van der Waals surface area contributed by atoms with Crippen molar-refractivity contribution in [3.05, 3.63) is 69.4 Å². The Morgan fingerprint density at radius 2 is 2.00 bits per heavy atom. The van der Waals surface area contributed by atoms with Gasteiger partial charge in [-0.1, -0.05) is 18.2 Å². The molecular weight excluding hydrogens is 463 g/mol. The molecule has 0 aliphatic rings. The largest absolute Gasteiger partial charge is 0.298 e. The highest BCUT2D eigenvalue weighted by molar-refractivity contribution is 14.1. The van der Waals surface area contributed by atoms with Crippen LogP contribution in [0.15, 0.2) is 60.2 Å². The number of tetrazole rings is 1. The van der Waals surface area contributed by atoms with Gasteiger partial charge >= 0.3 is 0 Å². The van der Waals surface area contributed by atoms with E-state index in [-0.39, 0.29) is 5.91 Å². The van der Waals surface area contributed by atoms with Gasteiger partial charge in [0.05, 0.1) is 11.4 Å². The SMILES string of the molecule is O=C(Nc1nc(-c2ccc(I)cc2)cs1)c1cccc(-n2cnnn2)c1. The van der Waals surface area contributed by atoms with Crippen molar-refractivity contribution in [1.82, 2.24) is 25.2 Å². The molecule has 2 aromatic carbocycles. The Morgan fingerprint density at radius 3 is 2.77 bits per heavy atom. The van der Waals surface area contributed by atoms with E-state index in [1.807, 2.05) is 35.7 Å². The van der Waals surface area contributed by atoms with Gasteiger partial charge in [-0.05, 0) is 63.3 Å². The summed E-state index contributed by atoms with van der Waals surface area (Å²) in [6.45, 7) is 0. The Bertz CT molecular complexity index is 1050. The molecule has 1 N–H and O–H groups in total. The van der Waals surface area contributed by atoms with Gasteiger partial charge in [0.25, 0.3) is 5.91 Å². The Balaban J connectivity index is 1.52. The summed E-state index contributed by atoms with van der Waals surface area (Å²) in [4.78, 5) is 17.0. The summed E-state index contributed by atoms with van der Waals surface area (Å²) in [6, 6.07) is 15.1. The predicted molar refractivity (Wildman–Crippen MR) is 107 cm³/mol. The molecule has 0 spiro atoms. The highest BCUT2D eigenvalue weighted by Gasteiger charge is 2.11. The number of anilines is 1. The van der Waals surface area contributed by atoms with Crippen LogP contribution < -0.4 is 5.32 Å². The van der Waals surface area contributed by atoms with Gasteiger partial charge in [0.2, 0.25) is 0 Å². The zero-order valence-corrected chi connectivity index (χ0v) is 16.2. The molecular formula is C17H11IN6OS. The lowest BCUT2D eigenvalue weighted by Crippen LogP contribution is -2.12. The fourth-order valence-electron chi connectivity index (χ4n) is 2.32. The third-order valence-electron chi connectivity index (χ3n) is 3.59. The van der Waals surface area contributed by atoms with Crippen molar-refractivity contribution in [3.63, 3.8) is 0 Å². The molecule has 0 fully saturated rings. The predicted octanol–water partition coefficient (Wildman–Crippen LogP) is 3.64. The number of halogens is 1. The summed E-state index contributed by atoms with van der Waals surface area (Å²) >= 11 is 3.65. The second-order valence-electron chi connectivity index (χ2n) is 5.30. The topological polar surface area (TPSA) is 85.6 Å². The molecule has 4 aromatic rings. The molecule has 1 amide bonds. The van der Waals surface area contributed by atoms with Crippen LogP contribution in [0.3, 0.4) is 0 Å². The van der Waals surface area contributed by atoms with Crippen molar-refractivity contribution in [2.45, 2.75) is 0 Å². The van der Waals surface area contributed by atoms with Crippen LogP contribution in [0.1, 0.15) is 10.4 Å². The van der Waals surface area contributed by atoms with Gasteiger partial charge in [-0.25, -0.2) is 9.67 Å². The van der Waals surface area contributed by atoms with Crippen LogP contribution in [0, 0.1) is 3.57 Å². The molecule has 9 heteroatoms. The van der Waals surface area contributed by atoms with E-state index in [2.05, 4.69) is 48.4 Å². The van der Waals surface area contributed by atoms with Crippen LogP contribution in [0.5, 0.6) is 0 Å². The fraction of sp³-hybridized carbons (Fsp3) is 0. The van der Waals surface area contributed by atoms with Gasteiger partial charge in [-0.2, -0.15) is 0 Å².